The Morgan fingerprint density at radius 3 is 1.01 bits per heavy atom. The normalized spacial score (nSPS) is 12.3. The zero-order valence-electron chi connectivity index (χ0n) is 52.1. The van der Waals surface area contributed by atoms with Crippen LogP contribution in [0.2, 0.25) is 0 Å². The van der Waals surface area contributed by atoms with Gasteiger partial charge in [-0.3, -0.25) is 0 Å². The molecule has 0 fully saturated rings. The summed E-state index contributed by atoms with van der Waals surface area (Å²) in [4.78, 5) is 0. The molecule has 75 heavy (non-hydrogen) atoms. The monoisotopic (exact) mass is 995 g/mol. The molecule has 0 aliphatic carbocycles. The highest BCUT2D eigenvalue weighted by Crippen LogP contribution is 2.36. The van der Waals surface area contributed by atoms with E-state index >= 15 is 0 Å². The van der Waals surface area contributed by atoms with Gasteiger partial charge in [0.15, 0.2) is 18.6 Å². The Hall–Kier alpha value is -7.23. The summed E-state index contributed by atoms with van der Waals surface area (Å²) in [6.45, 7) is 27.9. The van der Waals surface area contributed by atoms with Crippen molar-refractivity contribution in [3.63, 3.8) is 0 Å². The van der Waals surface area contributed by atoms with Crippen molar-refractivity contribution in [2.24, 2.45) is 21.1 Å². The van der Waals surface area contributed by atoms with Gasteiger partial charge in [-0.05, 0) is 182 Å². The van der Waals surface area contributed by atoms with Crippen molar-refractivity contribution >= 4 is 0 Å². The Balaban J connectivity index is 0.000000172. The lowest BCUT2D eigenvalue weighted by Crippen LogP contribution is -2.32. The highest BCUT2D eigenvalue weighted by molar-refractivity contribution is 5.78. The maximum Gasteiger partial charge on any atom is 0.212 e. The second-order valence-corrected chi connectivity index (χ2v) is 21.8. The van der Waals surface area contributed by atoms with Crippen LogP contribution in [0.1, 0.15) is 132 Å². The van der Waals surface area contributed by atoms with E-state index in [1.54, 1.807) is 6.07 Å². The average molecular weight is 996 g/mol. The third-order valence-electron chi connectivity index (χ3n) is 14.9. The summed E-state index contributed by atoms with van der Waals surface area (Å²) in [5.41, 5.74) is 28.2. The van der Waals surface area contributed by atoms with Crippen molar-refractivity contribution in [2.75, 3.05) is 0 Å². The topological polar surface area (TPSA) is 11.6 Å². The Kier molecular flexibility index (Phi) is 16.0. The molecule has 0 N–H and O–H groups in total. The molecule has 3 nitrogen and oxygen atoms in total. The predicted molar refractivity (Wildman–Crippen MR) is 320 cm³/mol. The summed E-state index contributed by atoms with van der Waals surface area (Å²) in [5.74, 6) is 0.383. The molecular weight excluding hydrogens is 907 g/mol. The molecule has 0 spiro atoms. The highest BCUT2D eigenvalue weighted by atomic mass is 14.9. The van der Waals surface area contributed by atoms with Crippen LogP contribution in [0.5, 0.6) is 0 Å². The van der Waals surface area contributed by atoms with Crippen LogP contribution in [0.25, 0.3) is 67.2 Å². The lowest BCUT2D eigenvalue weighted by molar-refractivity contribution is -0.661. The van der Waals surface area contributed by atoms with Crippen LogP contribution >= 0.6 is 0 Å². The number of nitrogens with zero attached hydrogens (tertiary/aromatic N) is 3. The molecule has 0 aliphatic rings. The number of rotatable bonds is 9. The van der Waals surface area contributed by atoms with Crippen LogP contribution in [0.15, 0.2) is 164 Å². The molecule has 0 atom stereocenters. The molecule has 9 rings (SSSR count). The van der Waals surface area contributed by atoms with Gasteiger partial charge >= 0.3 is 0 Å². The SMILES string of the molecule is Cc1cc(C)c(-c2cc(C(C)C)c(C)c[n+]2C)cc1-c1ccccc1.Cc1cc(C)c(-c2cc(C)c(C(C)C)c[n+]2C)cc1-c1ccccc1.[2H]C([2H])([2H])c1cc(C)c(-c2cc(C)c(C([2H])(C)C)c[n+]2C)cc1-c1ccccc1. The van der Waals surface area contributed by atoms with Crippen molar-refractivity contribution in [2.45, 2.75) is 122 Å². The van der Waals surface area contributed by atoms with Gasteiger partial charge in [-0.15, -0.1) is 0 Å². The number of aryl methyl sites for hydroxylation is 12. The molecule has 0 bridgehead atoms. The molecule has 0 amide bonds. The molecule has 3 heterocycles. The summed E-state index contributed by atoms with van der Waals surface area (Å²) in [5, 5.41) is 0. The fourth-order valence-corrected chi connectivity index (χ4v) is 10.8. The van der Waals surface area contributed by atoms with Crippen molar-refractivity contribution in [3.8, 4) is 67.2 Å². The standard InChI is InChI=1S/3C24H28N/c1-16(2)21-14-24(25(6)15-19(21)5)23-13-22(17(3)12-18(23)4)20-10-8-7-9-11-20;2*1-16(2)23-15-25(6)24(13-19(23)5)22-14-21(17(3)12-18(22)4)20-10-8-7-9-11-20/h3*7-16H,1-6H3/q3*+1/i;3D3,16D;. The summed E-state index contributed by atoms with van der Waals surface area (Å²) in [6.07, 6.45) is 6.56. The van der Waals surface area contributed by atoms with E-state index in [1.165, 1.54) is 89.3 Å². The lowest BCUT2D eigenvalue weighted by atomic mass is 9.91. The van der Waals surface area contributed by atoms with Gasteiger partial charge in [0.1, 0.15) is 21.1 Å². The average Bonchev–Trinajstić information content (AvgIpc) is 3.52. The van der Waals surface area contributed by atoms with Gasteiger partial charge < -0.3 is 0 Å². The van der Waals surface area contributed by atoms with Gasteiger partial charge in [0.2, 0.25) is 17.1 Å². The van der Waals surface area contributed by atoms with Gasteiger partial charge in [0.25, 0.3) is 0 Å². The number of hydrogen-bond donors (Lipinski definition) is 0. The van der Waals surface area contributed by atoms with Gasteiger partial charge in [-0.2, -0.15) is 0 Å². The zero-order valence-corrected chi connectivity index (χ0v) is 48.1. The first-order valence-electron chi connectivity index (χ1n) is 28.7. The minimum Gasteiger partial charge on any atom is -0.201 e. The van der Waals surface area contributed by atoms with Crippen LogP contribution in [0.4, 0.5) is 0 Å². The Morgan fingerprint density at radius 1 is 0.320 bits per heavy atom. The first kappa shape index (κ1) is 50.0. The second-order valence-electron chi connectivity index (χ2n) is 21.8. The second kappa shape index (κ2) is 24.0. The molecule has 0 radical (unpaired) electrons. The molecule has 3 aromatic heterocycles. The van der Waals surface area contributed by atoms with Crippen molar-refractivity contribution < 1.29 is 19.2 Å². The number of hydrogen-bond acceptors (Lipinski definition) is 0. The number of pyridine rings is 3. The van der Waals surface area contributed by atoms with Crippen LogP contribution < -0.4 is 13.7 Å². The van der Waals surface area contributed by atoms with Gasteiger partial charge in [-0.1, -0.05) is 151 Å². The Morgan fingerprint density at radius 2 is 0.640 bits per heavy atom. The quantitative estimate of drug-likeness (QED) is 0.128. The minimum absolute atomic E-state index is 0.369. The van der Waals surface area contributed by atoms with Gasteiger partial charge in [-0.25, -0.2) is 13.7 Å². The molecule has 0 unspecified atom stereocenters. The maximum absolute atomic E-state index is 8.40. The molecule has 384 valence electrons. The van der Waals surface area contributed by atoms with Crippen molar-refractivity contribution in [3.05, 3.63) is 231 Å². The predicted octanol–water partition coefficient (Wildman–Crippen LogP) is 17.7. The van der Waals surface area contributed by atoms with Crippen LogP contribution in [-0.2, 0) is 21.1 Å². The molecule has 0 aliphatic heterocycles. The number of aromatic nitrogens is 3. The van der Waals surface area contributed by atoms with Crippen molar-refractivity contribution in [1.82, 2.24) is 0 Å². The Labute approximate surface area is 457 Å². The van der Waals surface area contributed by atoms with E-state index in [-0.39, 0.29) is 0 Å². The minimum atomic E-state index is -2.19. The van der Waals surface area contributed by atoms with Crippen LogP contribution in [0.3, 0.4) is 0 Å². The fourth-order valence-electron chi connectivity index (χ4n) is 10.8. The first-order chi connectivity index (χ1) is 37.2. The zero-order chi connectivity index (χ0) is 57.8. The summed E-state index contributed by atoms with van der Waals surface area (Å²) >= 11 is 0. The smallest absolute Gasteiger partial charge is 0.201 e. The molecule has 6 aromatic carbocycles. The first-order valence-corrected chi connectivity index (χ1v) is 26.7. The summed E-state index contributed by atoms with van der Waals surface area (Å²) in [7, 11) is 6.28. The molecule has 9 aromatic rings. The summed E-state index contributed by atoms with van der Waals surface area (Å²) in [6, 6.07) is 50.9. The molecular formula is C72H84N3+3. The van der Waals surface area contributed by atoms with E-state index in [0.717, 1.165) is 39.1 Å². The van der Waals surface area contributed by atoms with Crippen molar-refractivity contribution in [1.29, 1.82) is 0 Å². The third-order valence-corrected chi connectivity index (χ3v) is 14.9. The van der Waals surface area contributed by atoms with E-state index in [2.05, 4.69) is 208 Å². The molecule has 3 heteroatoms. The van der Waals surface area contributed by atoms with E-state index < -0.39 is 12.7 Å². The van der Waals surface area contributed by atoms with Gasteiger partial charge in [0.05, 0.1) is 0 Å². The van der Waals surface area contributed by atoms with E-state index in [4.69, 9.17) is 5.48 Å². The largest absolute Gasteiger partial charge is 0.212 e. The lowest BCUT2D eigenvalue weighted by Gasteiger charge is -2.14. The van der Waals surface area contributed by atoms with Crippen LogP contribution in [0, 0.1) is 62.2 Å². The maximum atomic E-state index is 8.40. The Bertz CT molecular complexity index is 3620. The third kappa shape index (κ3) is 12.7. The van der Waals surface area contributed by atoms with E-state index in [9.17, 15) is 0 Å². The molecule has 0 saturated heterocycles. The van der Waals surface area contributed by atoms with Gasteiger partial charge in [0, 0.05) is 57.1 Å². The van der Waals surface area contributed by atoms with E-state index in [1.807, 2.05) is 81.9 Å². The molecule has 0 saturated carbocycles. The fraction of sp³-hybridized carbons (Fsp3) is 0.292. The van der Waals surface area contributed by atoms with Crippen LogP contribution in [-0.4, -0.2) is 0 Å². The van der Waals surface area contributed by atoms with E-state index in [0.29, 0.717) is 17.4 Å². The highest BCUT2D eigenvalue weighted by Gasteiger charge is 2.22. The summed E-state index contributed by atoms with van der Waals surface area (Å²) < 4.78 is 39.0. The number of benzene rings is 6.